The van der Waals surface area contributed by atoms with Crippen molar-refractivity contribution in [1.29, 1.82) is 0 Å². The molecule has 1 aliphatic heterocycles. The van der Waals surface area contributed by atoms with Crippen LogP contribution >= 0.6 is 0 Å². The van der Waals surface area contributed by atoms with E-state index in [9.17, 15) is 4.79 Å². The Labute approximate surface area is 185 Å². The van der Waals surface area contributed by atoms with Crippen molar-refractivity contribution in [2.75, 3.05) is 32.5 Å². The third kappa shape index (κ3) is 3.94. The summed E-state index contributed by atoms with van der Waals surface area (Å²) in [4.78, 5) is 23.4. The summed E-state index contributed by atoms with van der Waals surface area (Å²) in [7, 11) is 3.45. The van der Waals surface area contributed by atoms with Crippen LogP contribution in [0.3, 0.4) is 0 Å². The number of ether oxygens (including phenoxy) is 1. The van der Waals surface area contributed by atoms with Gasteiger partial charge in [0, 0.05) is 36.8 Å². The van der Waals surface area contributed by atoms with E-state index in [1.165, 1.54) is 0 Å². The fraction of sp³-hybridized carbons (Fsp3) is 0.304. The Hall–Kier alpha value is -3.72. The second kappa shape index (κ2) is 8.43. The van der Waals surface area contributed by atoms with E-state index < -0.39 is 0 Å². The average molecular weight is 432 g/mol. The number of rotatable bonds is 5. The van der Waals surface area contributed by atoms with E-state index in [0.717, 1.165) is 53.5 Å². The van der Waals surface area contributed by atoms with Crippen LogP contribution in [-0.2, 0) is 0 Å². The number of H-pyrrole nitrogens is 1. The number of nitrogens with zero attached hydrogens (tertiary/aromatic N) is 4. The highest BCUT2D eigenvalue weighted by atomic mass is 16.5. The predicted molar refractivity (Wildman–Crippen MR) is 123 cm³/mol. The number of nitrogens with one attached hydrogen (secondary N) is 3. The molecular formula is C23H25N7O2. The van der Waals surface area contributed by atoms with Gasteiger partial charge in [0.25, 0.3) is 5.91 Å². The van der Waals surface area contributed by atoms with Gasteiger partial charge < -0.3 is 20.3 Å². The van der Waals surface area contributed by atoms with Crippen LogP contribution in [0.15, 0.2) is 42.7 Å². The molecule has 164 valence electrons. The van der Waals surface area contributed by atoms with Crippen LogP contribution in [0, 0.1) is 0 Å². The largest absolute Gasteiger partial charge is 0.488 e. The Morgan fingerprint density at radius 1 is 1.19 bits per heavy atom. The number of aromatic nitrogens is 4. The number of benzene rings is 2. The molecular weight excluding hydrogens is 406 g/mol. The molecule has 0 aliphatic carbocycles. The van der Waals surface area contributed by atoms with Gasteiger partial charge in [0.15, 0.2) is 0 Å². The first kappa shape index (κ1) is 20.2. The van der Waals surface area contributed by atoms with Gasteiger partial charge in [-0.1, -0.05) is 12.1 Å². The molecule has 32 heavy (non-hydrogen) atoms. The van der Waals surface area contributed by atoms with Gasteiger partial charge in [0.1, 0.15) is 17.4 Å². The zero-order valence-electron chi connectivity index (χ0n) is 18.1. The molecule has 1 saturated heterocycles. The van der Waals surface area contributed by atoms with Gasteiger partial charge in [-0.15, -0.1) is 0 Å². The molecule has 0 radical (unpaired) electrons. The number of anilines is 2. The highest BCUT2D eigenvalue weighted by Crippen LogP contribution is 2.29. The minimum Gasteiger partial charge on any atom is -0.488 e. The summed E-state index contributed by atoms with van der Waals surface area (Å²) in [6.45, 7) is 1.92. The van der Waals surface area contributed by atoms with Crippen molar-refractivity contribution in [2.24, 2.45) is 0 Å². The zero-order chi connectivity index (χ0) is 22.1. The topological polar surface area (TPSA) is 108 Å². The van der Waals surface area contributed by atoms with E-state index in [0.29, 0.717) is 17.2 Å². The molecule has 2 aromatic carbocycles. The van der Waals surface area contributed by atoms with Gasteiger partial charge in [0.05, 0.1) is 17.3 Å². The summed E-state index contributed by atoms with van der Waals surface area (Å²) in [5.41, 5.74) is 2.77. The molecule has 0 atom stereocenters. The van der Waals surface area contributed by atoms with Crippen LogP contribution in [0.1, 0.15) is 23.2 Å². The fourth-order valence-electron chi connectivity index (χ4n) is 3.95. The first-order valence-corrected chi connectivity index (χ1v) is 10.7. The summed E-state index contributed by atoms with van der Waals surface area (Å²) in [6, 6.07) is 9.57. The fourth-order valence-corrected chi connectivity index (χ4v) is 3.95. The van der Waals surface area contributed by atoms with Crippen LogP contribution in [0.25, 0.3) is 21.8 Å². The quantitative estimate of drug-likeness (QED) is 0.446. The van der Waals surface area contributed by atoms with Gasteiger partial charge in [-0.05, 0) is 44.1 Å². The molecule has 2 aromatic heterocycles. The molecule has 9 nitrogen and oxygen atoms in total. The molecule has 4 aromatic rings. The van der Waals surface area contributed by atoms with Crippen molar-refractivity contribution in [3.8, 4) is 5.75 Å². The number of hydrogen-bond donors (Lipinski definition) is 3. The first-order valence-electron chi connectivity index (χ1n) is 10.7. The van der Waals surface area contributed by atoms with Crippen LogP contribution in [0.5, 0.6) is 5.75 Å². The standard InChI is InChI=1S/C23H25N7O2/c1-30(2)22(31)17-10-15(11-19-18(17)13-26-29-19)27-23-25-12-14-4-3-5-20(21(14)28-23)32-16-6-8-24-9-7-16/h3-5,10-13,16,24H,6-9H2,1-2H3,(H,26,29)(H,25,27,28). The minimum absolute atomic E-state index is 0.0999. The molecule has 0 unspecified atom stereocenters. The summed E-state index contributed by atoms with van der Waals surface area (Å²) in [5, 5.41) is 15.3. The second-order valence-electron chi connectivity index (χ2n) is 8.13. The predicted octanol–water partition coefficient (Wildman–Crippen LogP) is 3.08. The third-order valence-electron chi connectivity index (χ3n) is 5.61. The maximum absolute atomic E-state index is 12.7. The highest BCUT2D eigenvalue weighted by Gasteiger charge is 2.18. The van der Waals surface area contributed by atoms with Crippen molar-refractivity contribution >= 4 is 39.3 Å². The van der Waals surface area contributed by atoms with Crippen LogP contribution in [0.4, 0.5) is 11.6 Å². The van der Waals surface area contributed by atoms with E-state index in [-0.39, 0.29) is 12.0 Å². The summed E-state index contributed by atoms with van der Waals surface area (Å²) >= 11 is 0. The lowest BCUT2D eigenvalue weighted by atomic mass is 10.1. The summed E-state index contributed by atoms with van der Waals surface area (Å²) < 4.78 is 6.28. The van der Waals surface area contributed by atoms with Gasteiger partial charge in [-0.25, -0.2) is 9.97 Å². The van der Waals surface area contributed by atoms with Crippen molar-refractivity contribution in [1.82, 2.24) is 30.4 Å². The number of carbonyl (C=O) groups excluding carboxylic acids is 1. The molecule has 9 heteroatoms. The average Bonchev–Trinajstić information content (AvgIpc) is 3.28. The molecule has 0 spiro atoms. The molecule has 1 amide bonds. The molecule has 0 bridgehead atoms. The third-order valence-corrected chi connectivity index (χ3v) is 5.61. The summed E-state index contributed by atoms with van der Waals surface area (Å²) in [6.07, 6.45) is 5.56. The number of fused-ring (bicyclic) bond motifs is 2. The smallest absolute Gasteiger partial charge is 0.254 e. The van der Waals surface area contributed by atoms with Crippen LogP contribution in [0.2, 0.25) is 0 Å². The Balaban J connectivity index is 1.48. The van der Waals surface area contributed by atoms with Crippen molar-refractivity contribution in [3.05, 3.63) is 48.3 Å². The van der Waals surface area contributed by atoms with Crippen LogP contribution < -0.4 is 15.4 Å². The number of piperidine rings is 1. The van der Waals surface area contributed by atoms with Gasteiger partial charge in [-0.2, -0.15) is 5.10 Å². The normalized spacial score (nSPS) is 14.6. The summed E-state index contributed by atoms with van der Waals surface area (Å²) in [5.74, 6) is 1.09. The van der Waals surface area contributed by atoms with Crippen LogP contribution in [-0.4, -0.2) is 64.3 Å². The van der Waals surface area contributed by atoms with E-state index in [2.05, 4.69) is 25.8 Å². The SMILES string of the molecule is CN(C)C(=O)c1cc(Nc2ncc3cccc(OC4CCNCC4)c3n2)cc2[nH]ncc12. The van der Waals surface area contributed by atoms with Gasteiger partial charge in [0.2, 0.25) is 5.95 Å². The Bertz CT molecular complexity index is 1280. The monoisotopic (exact) mass is 431 g/mol. The Morgan fingerprint density at radius 2 is 2.03 bits per heavy atom. The van der Waals surface area contributed by atoms with Gasteiger partial charge in [-0.3, -0.25) is 9.89 Å². The molecule has 3 N–H and O–H groups in total. The number of hydrogen-bond acceptors (Lipinski definition) is 7. The second-order valence-corrected chi connectivity index (χ2v) is 8.13. The van der Waals surface area contributed by atoms with E-state index in [4.69, 9.17) is 9.72 Å². The number of aromatic amines is 1. The first-order chi connectivity index (χ1) is 15.6. The lowest BCUT2D eigenvalue weighted by Crippen LogP contribution is -2.34. The van der Waals surface area contributed by atoms with Crippen molar-refractivity contribution in [3.63, 3.8) is 0 Å². The molecule has 5 rings (SSSR count). The molecule has 3 heterocycles. The lowest BCUT2D eigenvalue weighted by Gasteiger charge is -2.24. The van der Waals surface area contributed by atoms with E-state index in [1.54, 1.807) is 37.5 Å². The van der Waals surface area contributed by atoms with Gasteiger partial charge >= 0.3 is 0 Å². The number of amides is 1. The maximum Gasteiger partial charge on any atom is 0.254 e. The van der Waals surface area contributed by atoms with Crippen molar-refractivity contribution < 1.29 is 9.53 Å². The lowest BCUT2D eigenvalue weighted by molar-refractivity contribution is 0.0829. The van der Waals surface area contributed by atoms with Crippen molar-refractivity contribution in [2.45, 2.75) is 18.9 Å². The number of carbonyl (C=O) groups is 1. The number of para-hydroxylation sites is 1. The Kier molecular flexibility index (Phi) is 5.32. The molecule has 0 saturated carbocycles. The Morgan fingerprint density at radius 3 is 2.84 bits per heavy atom. The molecule has 1 fully saturated rings. The van der Waals surface area contributed by atoms with E-state index in [1.807, 2.05) is 24.3 Å². The maximum atomic E-state index is 12.7. The van der Waals surface area contributed by atoms with E-state index >= 15 is 0 Å². The minimum atomic E-state index is -0.0999. The molecule has 1 aliphatic rings. The zero-order valence-corrected chi connectivity index (χ0v) is 18.1. The highest BCUT2D eigenvalue weighted by molar-refractivity contribution is 6.07.